The highest BCUT2D eigenvalue weighted by atomic mass is 16.5. The molecule has 2 unspecified atom stereocenters. The predicted molar refractivity (Wildman–Crippen MR) is 120 cm³/mol. The lowest BCUT2D eigenvalue weighted by Crippen LogP contribution is -2.17. The van der Waals surface area contributed by atoms with Crippen molar-refractivity contribution in [2.75, 3.05) is 10.6 Å². The van der Waals surface area contributed by atoms with Gasteiger partial charge in [0.2, 0.25) is 11.8 Å². The summed E-state index contributed by atoms with van der Waals surface area (Å²) in [6.07, 6.45) is 2.35. The van der Waals surface area contributed by atoms with Crippen molar-refractivity contribution < 1.29 is 19.1 Å². The van der Waals surface area contributed by atoms with Gasteiger partial charge in [-0.15, -0.1) is 0 Å². The van der Waals surface area contributed by atoms with Gasteiger partial charge in [0, 0.05) is 24.2 Å². The van der Waals surface area contributed by atoms with Crippen molar-refractivity contribution in [2.45, 2.75) is 65.6 Å². The van der Waals surface area contributed by atoms with E-state index in [1.807, 2.05) is 38.1 Å². The maximum Gasteiger partial charge on any atom is 0.224 e. The van der Waals surface area contributed by atoms with E-state index in [0.29, 0.717) is 11.4 Å². The van der Waals surface area contributed by atoms with Crippen LogP contribution in [-0.4, -0.2) is 24.0 Å². The molecule has 162 valence electrons. The fourth-order valence-electron chi connectivity index (χ4n) is 2.54. The van der Waals surface area contributed by atoms with E-state index in [9.17, 15) is 9.59 Å². The first-order valence-electron chi connectivity index (χ1n) is 10.5. The van der Waals surface area contributed by atoms with Gasteiger partial charge in [-0.2, -0.15) is 0 Å². The summed E-state index contributed by atoms with van der Waals surface area (Å²) in [6.45, 7) is 8.14. The second-order valence-corrected chi connectivity index (χ2v) is 7.32. The van der Waals surface area contributed by atoms with Gasteiger partial charge in [0.15, 0.2) is 0 Å². The summed E-state index contributed by atoms with van der Waals surface area (Å²) in [7, 11) is 0. The van der Waals surface area contributed by atoms with Crippen molar-refractivity contribution in [1.82, 2.24) is 0 Å². The van der Waals surface area contributed by atoms with Crippen molar-refractivity contribution in [3.63, 3.8) is 0 Å². The Balaban J connectivity index is 1.74. The lowest BCUT2D eigenvalue weighted by molar-refractivity contribution is -0.121. The van der Waals surface area contributed by atoms with Gasteiger partial charge in [0.1, 0.15) is 11.5 Å². The first-order chi connectivity index (χ1) is 14.4. The standard InChI is InChI=1S/C24H32N2O4/c1-5-17(3)29-21-11-7-19(8-12-21)25-23(27)15-16-24(28)26-20-9-13-22(14-10-20)30-18(4)6-2/h7-14,17-18H,5-6,15-16H2,1-4H3,(H,25,27)(H,26,28). The summed E-state index contributed by atoms with van der Waals surface area (Å²) >= 11 is 0. The zero-order chi connectivity index (χ0) is 21.9. The number of carbonyl (C=O) groups is 2. The molecule has 0 bridgehead atoms. The van der Waals surface area contributed by atoms with Gasteiger partial charge >= 0.3 is 0 Å². The number of rotatable bonds is 11. The Bertz CT molecular complexity index is 733. The van der Waals surface area contributed by atoms with Crippen LogP contribution in [0.2, 0.25) is 0 Å². The number of carbonyl (C=O) groups excluding carboxylic acids is 2. The van der Waals surface area contributed by atoms with Crippen LogP contribution in [0.1, 0.15) is 53.4 Å². The topological polar surface area (TPSA) is 76.7 Å². The summed E-state index contributed by atoms with van der Waals surface area (Å²) in [5.74, 6) is 1.11. The van der Waals surface area contributed by atoms with Gasteiger partial charge in [0.05, 0.1) is 12.2 Å². The van der Waals surface area contributed by atoms with Gasteiger partial charge in [-0.25, -0.2) is 0 Å². The number of ether oxygens (including phenoxy) is 2. The average molecular weight is 413 g/mol. The third-order valence-corrected chi connectivity index (χ3v) is 4.68. The van der Waals surface area contributed by atoms with Crippen LogP contribution in [0, 0.1) is 0 Å². The lowest BCUT2D eigenvalue weighted by atomic mass is 10.2. The number of hydrogen-bond donors (Lipinski definition) is 2. The quantitative estimate of drug-likeness (QED) is 0.518. The molecule has 0 aliphatic rings. The molecule has 30 heavy (non-hydrogen) atoms. The smallest absolute Gasteiger partial charge is 0.224 e. The molecule has 0 saturated carbocycles. The summed E-state index contributed by atoms with van der Waals surface area (Å²) in [6, 6.07) is 14.5. The second kappa shape index (κ2) is 11.9. The molecule has 0 saturated heterocycles. The second-order valence-electron chi connectivity index (χ2n) is 7.32. The van der Waals surface area contributed by atoms with E-state index >= 15 is 0 Å². The largest absolute Gasteiger partial charge is 0.491 e. The fraction of sp³-hybridized carbons (Fsp3) is 0.417. The van der Waals surface area contributed by atoms with Crippen molar-refractivity contribution in [3.8, 4) is 11.5 Å². The molecule has 2 aromatic carbocycles. The molecule has 2 amide bonds. The predicted octanol–water partition coefficient (Wildman–Crippen LogP) is 5.40. The molecule has 0 radical (unpaired) electrons. The lowest BCUT2D eigenvalue weighted by Gasteiger charge is -2.13. The minimum atomic E-state index is -0.210. The van der Waals surface area contributed by atoms with E-state index in [0.717, 1.165) is 24.3 Å². The third kappa shape index (κ3) is 8.15. The van der Waals surface area contributed by atoms with E-state index in [4.69, 9.17) is 9.47 Å². The third-order valence-electron chi connectivity index (χ3n) is 4.68. The molecule has 6 nitrogen and oxygen atoms in total. The monoisotopic (exact) mass is 412 g/mol. The molecule has 0 aliphatic heterocycles. The Morgan fingerprint density at radius 2 is 1.03 bits per heavy atom. The van der Waals surface area contributed by atoms with Crippen molar-refractivity contribution in [1.29, 1.82) is 0 Å². The van der Waals surface area contributed by atoms with Gasteiger partial charge in [-0.05, 0) is 75.2 Å². The molecule has 2 atom stereocenters. The Labute approximate surface area is 179 Å². The van der Waals surface area contributed by atoms with E-state index in [2.05, 4.69) is 24.5 Å². The van der Waals surface area contributed by atoms with Gasteiger partial charge in [-0.1, -0.05) is 13.8 Å². The molecule has 2 rings (SSSR count). The molecule has 0 aromatic heterocycles. The van der Waals surface area contributed by atoms with Crippen LogP contribution in [0.5, 0.6) is 11.5 Å². The Morgan fingerprint density at radius 1 is 0.700 bits per heavy atom. The zero-order valence-corrected chi connectivity index (χ0v) is 18.2. The van der Waals surface area contributed by atoms with Crippen molar-refractivity contribution >= 4 is 23.2 Å². The van der Waals surface area contributed by atoms with Crippen LogP contribution < -0.4 is 20.1 Å². The highest BCUT2D eigenvalue weighted by Gasteiger charge is 2.09. The molecule has 6 heteroatoms. The SMILES string of the molecule is CCC(C)Oc1ccc(NC(=O)CCC(=O)Nc2ccc(OC(C)CC)cc2)cc1. The minimum Gasteiger partial charge on any atom is -0.491 e. The highest BCUT2D eigenvalue weighted by Crippen LogP contribution is 2.19. The molecule has 0 spiro atoms. The van der Waals surface area contributed by atoms with Crippen LogP contribution in [0.3, 0.4) is 0 Å². The maximum atomic E-state index is 12.1. The van der Waals surface area contributed by atoms with Gasteiger partial charge < -0.3 is 20.1 Å². The van der Waals surface area contributed by atoms with E-state index in [1.54, 1.807) is 24.3 Å². The van der Waals surface area contributed by atoms with Crippen LogP contribution in [0.15, 0.2) is 48.5 Å². The molecule has 0 aliphatic carbocycles. The Kier molecular flexibility index (Phi) is 9.19. The molecule has 0 fully saturated rings. The first kappa shape index (κ1) is 23.3. The molecular formula is C24H32N2O4. The van der Waals surface area contributed by atoms with Crippen molar-refractivity contribution in [2.24, 2.45) is 0 Å². The maximum absolute atomic E-state index is 12.1. The summed E-state index contributed by atoms with van der Waals surface area (Å²) in [5.41, 5.74) is 1.35. The van der Waals surface area contributed by atoms with E-state index in [-0.39, 0.29) is 36.9 Å². The fourth-order valence-corrected chi connectivity index (χ4v) is 2.54. The molecule has 2 aromatic rings. The normalized spacial score (nSPS) is 12.5. The van der Waals surface area contributed by atoms with Gasteiger partial charge in [-0.3, -0.25) is 9.59 Å². The summed E-state index contributed by atoms with van der Waals surface area (Å²) in [5, 5.41) is 5.59. The molecule has 0 heterocycles. The number of amides is 2. The number of anilines is 2. The molecule has 2 N–H and O–H groups in total. The zero-order valence-electron chi connectivity index (χ0n) is 18.2. The van der Waals surface area contributed by atoms with Crippen LogP contribution in [-0.2, 0) is 9.59 Å². The average Bonchev–Trinajstić information content (AvgIpc) is 2.75. The van der Waals surface area contributed by atoms with Gasteiger partial charge in [0.25, 0.3) is 0 Å². The summed E-state index contributed by atoms with van der Waals surface area (Å²) in [4.78, 5) is 24.2. The highest BCUT2D eigenvalue weighted by molar-refractivity contribution is 5.96. The van der Waals surface area contributed by atoms with Crippen LogP contribution in [0.25, 0.3) is 0 Å². The van der Waals surface area contributed by atoms with Crippen LogP contribution in [0.4, 0.5) is 11.4 Å². The Morgan fingerprint density at radius 3 is 1.33 bits per heavy atom. The molecular weight excluding hydrogens is 380 g/mol. The number of benzene rings is 2. The van der Waals surface area contributed by atoms with E-state index < -0.39 is 0 Å². The summed E-state index contributed by atoms with van der Waals surface area (Å²) < 4.78 is 11.4. The minimum absolute atomic E-state index is 0.103. The van der Waals surface area contributed by atoms with E-state index in [1.165, 1.54) is 0 Å². The number of nitrogens with one attached hydrogen (secondary N) is 2. The number of hydrogen-bond acceptors (Lipinski definition) is 4. The Hall–Kier alpha value is -3.02. The van der Waals surface area contributed by atoms with Crippen LogP contribution >= 0.6 is 0 Å². The first-order valence-corrected chi connectivity index (χ1v) is 10.5. The van der Waals surface area contributed by atoms with Crippen molar-refractivity contribution in [3.05, 3.63) is 48.5 Å².